The number of nitrogens with zero attached hydrogens (tertiary/aromatic N) is 1. The molecule has 16 heavy (non-hydrogen) atoms. The fourth-order valence-corrected chi connectivity index (χ4v) is 1.15. The second-order valence-corrected chi connectivity index (χ2v) is 3.01. The first-order valence-corrected chi connectivity index (χ1v) is 4.24. The van der Waals surface area contributed by atoms with Crippen molar-refractivity contribution >= 4 is 5.69 Å². The fourth-order valence-electron chi connectivity index (χ4n) is 1.15. The lowest BCUT2D eigenvalue weighted by atomic mass is 10.1. The van der Waals surface area contributed by atoms with Crippen LogP contribution >= 0.6 is 0 Å². The molecule has 0 spiro atoms. The number of nitro groups is 1. The van der Waals surface area contributed by atoms with Crippen molar-refractivity contribution in [3.63, 3.8) is 0 Å². The number of methoxy groups -OCH3 is 1. The van der Waals surface area contributed by atoms with E-state index in [0.717, 1.165) is 12.1 Å². The third kappa shape index (κ3) is 2.25. The van der Waals surface area contributed by atoms with E-state index < -0.39 is 28.7 Å². The van der Waals surface area contributed by atoms with Crippen LogP contribution in [-0.4, -0.2) is 23.7 Å². The van der Waals surface area contributed by atoms with Gasteiger partial charge in [0.15, 0.2) is 5.75 Å². The maximum absolute atomic E-state index is 13.1. The van der Waals surface area contributed by atoms with E-state index in [1.165, 1.54) is 7.11 Å². The molecule has 0 aliphatic heterocycles. The van der Waals surface area contributed by atoms with Gasteiger partial charge in [0.25, 0.3) is 5.92 Å². The summed E-state index contributed by atoms with van der Waals surface area (Å²) in [6, 6.07) is 2.73. The van der Waals surface area contributed by atoms with Crippen molar-refractivity contribution in [1.29, 1.82) is 0 Å². The lowest BCUT2D eigenvalue weighted by Crippen LogP contribution is -2.18. The van der Waals surface area contributed by atoms with Crippen molar-refractivity contribution in [3.8, 4) is 5.75 Å². The molecule has 1 N–H and O–H groups in total. The van der Waals surface area contributed by atoms with Crippen molar-refractivity contribution < 1.29 is 23.5 Å². The van der Waals surface area contributed by atoms with Crippen LogP contribution in [0.2, 0.25) is 0 Å². The van der Waals surface area contributed by atoms with Crippen LogP contribution in [0.15, 0.2) is 18.2 Å². The Morgan fingerprint density at radius 3 is 2.62 bits per heavy atom. The van der Waals surface area contributed by atoms with Gasteiger partial charge in [-0.1, -0.05) is 0 Å². The van der Waals surface area contributed by atoms with Crippen molar-refractivity contribution in [3.05, 3.63) is 33.9 Å². The summed E-state index contributed by atoms with van der Waals surface area (Å²) >= 11 is 0. The average Bonchev–Trinajstić information content (AvgIpc) is 2.28. The SMILES string of the molecule is COc1ccc(C(F)(F)CO)cc1[N+](=O)[O-]. The van der Waals surface area contributed by atoms with E-state index in [2.05, 4.69) is 4.74 Å². The lowest BCUT2D eigenvalue weighted by molar-refractivity contribution is -0.385. The molecule has 0 amide bonds. The summed E-state index contributed by atoms with van der Waals surface area (Å²) < 4.78 is 30.8. The summed E-state index contributed by atoms with van der Waals surface area (Å²) in [6.45, 7) is -1.41. The Balaban J connectivity index is 3.27. The van der Waals surface area contributed by atoms with Crippen LogP contribution in [0.4, 0.5) is 14.5 Å². The van der Waals surface area contributed by atoms with Gasteiger partial charge >= 0.3 is 5.69 Å². The zero-order valence-corrected chi connectivity index (χ0v) is 8.31. The van der Waals surface area contributed by atoms with E-state index in [1.54, 1.807) is 0 Å². The number of aliphatic hydroxyl groups excluding tert-OH is 1. The third-order valence-electron chi connectivity index (χ3n) is 2.00. The van der Waals surface area contributed by atoms with Gasteiger partial charge in [0, 0.05) is 11.6 Å². The van der Waals surface area contributed by atoms with Gasteiger partial charge in [-0.15, -0.1) is 0 Å². The van der Waals surface area contributed by atoms with Gasteiger partial charge in [-0.25, -0.2) is 0 Å². The molecule has 0 saturated carbocycles. The maximum atomic E-state index is 13.1. The number of aliphatic hydroxyl groups is 1. The van der Waals surface area contributed by atoms with Crippen molar-refractivity contribution in [2.45, 2.75) is 5.92 Å². The Bertz CT molecular complexity index is 408. The molecule has 0 heterocycles. The largest absolute Gasteiger partial charge is 0.490 e. The summed E-state index contributed by atoms with van der Waals surface area (Å²) in [4.78, 5) is 9.74. The molecule has 0 fully saturated rings. The Morgan fingerprint density at radius 2 is 2.19 bits per heavy atom. The number of rotatable bonds is 4. The Hall–Kier alpha value is -1.76. The molecule has 88 valence electrons. The second-order valence-electron chi connectivity index (χ2n) is 3.01. The zero-order valence-electron chi connectivity index (χ0n) is 8.31. The predicted molar refractivity (Wildman–Crippen MR) is 50.6 cm³/mol. The molecule has 1 aromatic rings. The van der Waals surface area contributed by atoms with E-state index >= 15 is 0 Å². The molecule has 0 aromatic heterocycles. The number of halogens is 2. The van der Waals surface area contributed by atoms with Gasteiger partial charge in [0.05, 0.1) is 12.0 Å². The predicted octanol–water partition coefficient (Wildman–Crippen LogP) is 1.69. The minimum Gasteiger partial charge on any atom is -0.490 e. The summed E-state index contributed by atoms with van der Waals surface area (Å²) in [7, 11) is 1.20. The fraction of sp³-hybridized carbons (Fsp3) is 0.333. The smallest absolute Gasteiger partial charge is 0.311 e. The van der Waals surface area contributed by atoms with E-state index in [-0.39, 0.29) is 5.75 Å². The van der Waals surface area contributed by atoms with E-state index in [9.17, 15) is 18.9 Å². The van der Waals surface area contributed by atoms with E-state index in [4.69, 9.17) is 5.11 Å². The van der Waals surface area contributed by atoms with Crippen LogP contribution in [0.5, 0.6) is 5.75 Å². The lowest BCUT2D eigenvalue weighted by Gasteiger charge is -2.13. The highest BCUT2D eigenvalue weighted by Gasteiger charge is 2.33. The molecule has 0 bridgehead atoms. The molecule has 0 aliphatic rings. The summed E-state index contributed by atoms with van der Waals surface area (Å²) in [6.07, 6.45) is 0. The molecule has 0 unspecified atom stereocenters. The number of ether oxygens (including phenoxy) is 1. The van der Waals surface area contributed by atoms with Gasteiger partial charge in [0.2, 0.25) is 0 Å². The molecule has 0 radical (unpaired) electrons. The van der Waals surface area contributed by atoms with Crippen molar-refractivity contribution in [1.82, 2.24) is 0 Å². The van der Waals surface area contributed by atoms with Crippen LogP contribution in [-0.2, 0) is 5.92 Å². The first-order chi connectivity index (χ1) is 7.42. The van der Waals surface area contributed by atoms with Gasteiger partial charge in [-0.3, -0.25) is 10.1 Å². The molecular weight excluding hydrogens is 224 g/mol. The zero-order chi connectivity index (χ0) is 12.3. The minimum absolute atomic E-state index is 0.109. The minimum atomic E-state index is -3.50. The number of nitro benzene ring substituents is 1. The molecule has 0 saturated heterocycles. The maximum Gasteiger partial charge on any atom is 0.311 e. The molecule has 1 rings (SSSR count). The third-order valence-corrected chi connectivity index (χ3v) is 2.00. The van der Waals surface area contributed by atoms with Crippen LogP contribution in [0.1, 0.15) is 5.56 Å². The van der Waals surface area contributed by atoms with Gasteiger partial charge < -0.3 is 9.84 Å². The number of hydrogen-bond donors (Lipinski definition) is 1. The summed E-state index contributed by atoms with van der Waals surface area (Å²) in [5, 5.41) is 19.0. The Labute approximate surface area is 89.4 Å². The van der Waals surface area contributed by atoms with Gasteiger partial charge in [-0.05, 0) is 12.1 Å². The highest BCUT2D eigenvalue weighted by Crippen LogP contribution is 2.34. The number of hydrogen-bond acceptors (Lipinski definition) is 4. The molecular formula is C9H9F2NO4. The Morgan fingerprint density at radius 1 is 1.56 bits per heavy atom. The monoisotopic (exact) mass is 233 g/mol. The van der Waals surface area contributed by atoms with Crippen LogP contribution in [0.25, 0.3) is 0 Å². The molecule has 0 aliphatic carbocycles. The highest BCUT2D eigenvalue weighted by atomic mass is 19.3. The van der Waals surface area contributed by atoms with Crippen molar-refractivity contribution in [2.75, 3.05) is 13.7 Å². The molecule has 5 nitrogen and oxygen atoms in total. The number of alkyl halides is 2. The quantitative estimate of drug-likeness (QED) is 0.634. The van der Waals surface area contributed by atoms with E-state index in [1.807, 2.05) is 0 Å². The second kappa shape index (κ2) is 4.40. The van der Waals surface area contributed by atoms with Gasteiger partial charge in [-0.2, -0.15) is 8.78 Å². The standard InChI is InChI=1S/C9H9F2NO4/c1-16-8-3-2-6(9(10,11)5-13)4-7(8)12(14)15/h2-4,13H,5H2,1H3. The molecule has 0 atom stereocenters. The average molecular weight is 233 g/mol. The highest BCUT2D eigenvalue weighted by molar-refractivity contribution is 5.49. The molecule has 7 heteroatoms. The van der Waals surface area contributed by atoms with Crippen LogP contribution in [0.3, 0.4) is 0 Å². The first kappa shape index (κ1) is 12.3. The van der Waals surface area contributed by atoms with Crippen LogP contribution in [0, 0.1) is 10.1 Å². The summed E-state index contributed by atoms with van der Waals surface area (Å²) in [5.41, 5.74) is -1.18. The number of benzene rings is 1. The Kier molecular flexibility index (Phi) is 3.38. The van der Waals surface area contributed by atoms with Gasteiger partial charge in [0.1, 0.15) is 6.61 Å². The molecule has 1 aromatic carbocycles. The topological polar surface area (TPSA) is 72.6 Å². The first-order valence-electron chi connectivity index (χ1n) is 4.24. The van der Waals surface area contributed by atoms with E-state index in [0.29, 0.717) is 6.07 Å². The summed E-state index contributed by atoms with van der Waals surface area (Å²) in [5.74, 6) is -3.61. The normalized spacial score (nSPS) is 11.2. The van der Waals surface area contributed by atoms with Crippen molar-refractivity contribution in [2.24, 2.45) is 0 Å². The van der Waals surface area contributed by atoms with Crippen LogP contribution < -0.4 is 4.74 Å².